The molecule has 0 unspecified atom stereocenters. The molecule has 134 valence electrons. The lowest BCUT2D eigenvalue weighted by molar-refractivity contribution is -0.115. The third-order valence-corrected chi connectivity index (χ3v) is 5.50. The van der Waals surface area contributed by atoms with Crippen LogP contribution in [0.25, 0.3) is 0 Å². The quantitative estimate of drug-likeness (QED) is 0.725. The summed E-state index contributed by atoms with van der Waals surface area (Å²) in [6.45, 7) is 9.14. The van der Waals surface area contributed by atoms with E-state index in [0.717, 1.165) is 5.46 Å². The van der Waals surface area contributed by atoms with E-state index in [-0.39, 0.29) is 17.9 Å². The highest BCUT2D eigenvalue weighted by molar-refractivity contribution is 6.67. The summed E-state index contributed by atoms with van der Waals surface area (Å²) in [6.07, 6.45) is -1.81. The van der Waals surface area contributed by atoms with Crippen LogP contribution in [0.15, 0.2) is 24.3 Å². The average Bonchev–Trinajstić information content (AvgIpc) is 3.28. The summed E-state index contributed by atoms with van der Waals surface area (Å²) in [7, 11) is 0. The van der Waals surface area contributed by atoms with Gasteiger partial charge in [0, 0.05) is 5.69 Å². The summed E-state index contributed by atoms with van der Waals surface area (Å²) in [5.41, 5.74) is 0.879. The maximum atomic E-state index is 12.5. The summed E-state index contributed by atoms with van der Waals surface area (Å²) in [5.74, 6) is 0.651. The zero-order chi connectivity index (χ0) is 18.2. The van der Waals surface area contributed by atoms with Gasteiger partial charge in [-0.3, -0.25) is 0 Å². The van der Waals surface area contributed by atoms with Gasteiger partial charge in [-0.1, -0.05) is 38.9 Å². The fourth-order valence-corrected chi connectivity index (χ4v) is 3.16. The molecule has 0 saturated heterocycles. The molecule has 0 aromatic heterocycles. The van der Waals surface area contributed by atoms with E-state index in [1.165, 1.54) is 12.8 Å². The second-order valence-corrected chi connectivity index (χ2v) is 7.82. The molecular weight excluding hydrogens is 314 g/mol. The molecule has 2 rings (SSSR count). The van der Waals surface area contributed by atoms with E-state index in [4.69, 9.17) is 4.65 Å². The highest BCUT2D eigenvalue weighted by Gasteiger charge is 2.49. The first kappa shape index (κ1) is 19.2. The fraction of sp³-hybridized carbons (Fsp3) is 0.667. The van der Waals surface area contributed by atoms with Crippen molar-refractivity contribution < 1.29 is 17.8 Å². The minimum Gasteiger partial charge on any atom is -0.426 e. The van der Waals surface area contributed by atoms with Crippen molar-refractivity contribution in [3.8, 4) is 0 Å². The van der Waals surface area contributed by atoms with Gasteiger partial charge in [0.15, 0.2) is 0 Å². The van der Waals surface area contributed by atoms with Crippen LogP contribution in [-0.2, 0) is 4.65 Å². The molecule has 6 heteroatoms. The Morgan fingerprint density at radius 2 is 1.71 bits per heavy atom. The van der Waals surface area contributed by atoms with Gasteiger partial charge in [-0.05, 0) is 49.6 Å². The van der Waals surface area contributed by atoms with Gasteiger partial charge in [0.25, 0.3) is 0 Å². The topological polar surface area (TPSA) is 21.3 Å². The SMILES string of the molecule is CB(OC(C)(C)C(C)(C)C1CC1)c1ccccc1NCC(F)(F)F. The Morgan fingerprint density at radius 1 is 1.12 bits per heavy atom. The number of alkyl halides is 3. The number of hydrogen-bond acceptors (Lipinski definition) is 2. The van der Waals surface area contributed by atoms with Gasteiger partial charge in [-0.25, -0.2) is 0 Å². The van der Waals surface area contributed by atoms with Crippen molar-refractivity contribution in [2.24, 2.45) is 11.3 Å². The van der Waals surface area contributed by atoms with E-state index in [9.17, 15) is 13.2 Å². The van der Waals surface area contributed by atoms with Gasteiger partial charge >= 0.3 is 13.1 Å². The van der Waals surface area contributed by atoms with Gasteiger partial charge in [0.2, 0.25) is 0 Å². The first-order valence-corrected chi connectivity index (χ1v) is 8.51. The standard InChI is InChI=1S/C18H27BF3NO/c1-16(2,13-10-11-13)17(3,4)24-19(5)14-8-6-7-9-15(14)23-12-18(20,21)22/h6-9,13,23H,10-12H2,1-5H3. The molecule has 1 saturated carbocycles. The van der Waals surface area contributed by atoms with E-state index in [2.05, 4.69) is 33.0 Å². The molecule has 0 amide bonds. The number of hydrogen-bond donors (Lipinski definition) is 1. The van der Waals surface area contributed by atoms with Crippen LogP contribution in [0.1, 0.15) is 40.5 Å². The van der Waals surface area contributed by atoms with E-state index in [1.807, 2.05) is 19.0 Å². The summed E-state index contributed by atoms with van der Waals surface area (Å²) < 4.78 is 43.9. The predicted octanol–water partition coefficient (Wildman–Crippen LogP) is 4.72. The third kappa shape index (κ3) is 4.47. The second kappa shape index (κ2) is 6.62. The molecule has 1 fully saturated rings. The molecule has 1 aromatic carbocycles. The molecule has 0 spiro atoms. The summed E-state index contributed by atoms with van der Waals surface area (Å²) >= 11 is 0. The number of rotatable bonds is 7. The zero-order valence-electron chi connectivity index (χ0n) is 15.1. The summed E-state index contributed by atoms with van der Waals surface area (Å²) in [5, 5.41) is 2.49. The Balaban J connectivity index is 2.13. The molecule has 1 aliphatic rings. The second-order valence-electron chi connectivity index (χ2n) is 7.82. The Hall–Kier alpha value is -1.17. The average molecular weight is 341 g/mol. The van der Waals surface area contributed by atoms with Crippen LogP contribution in [0.4, 0.5) is 18.9 Å². The highest BCUT2D eigenvalue weighted by Crippen LogP contribution is 2.52. The minimum atomic E-state index is -4.25. The molecule has 24 heavy (non-hydrogen) atoms. The van der Waals surface area contributed by atoms with Crippen molar-refractivity contribution >= 4 is 18.1 Å². The van der Waals surface area contributed by atoms with Crippen molar-refractivity contribution in [2.45, 2.75) is 59.1 Å². The number of benzene rings is 1. The Labute approximate surface area is 143 Å². The van der Waals surface area contributed by atoms with E-state index >= 15 is 0 Å². The molecule has 0 atom stereocenters. The first-order valence-electron chi connectivity index (χ1n) is 8.51. The van der Waals surface area contributed by atoms with E-state index in [0.29, 0.717) is 11.6 Å². The molecule has 1 aliphatic carbocycles. The molecule has 1 N–H and O–H groups in total. The number of anilines is 1. The molecule has 1 aromatic rings. The largest absolute Gasteiger partial charge is 0.426 e. The fourth-order valence-electron chi connectivity index (χ4n) is 3.16. The van der Waals surface area contributed by atoms with E-state index in [1.54, 1.807) is 12.1 Å². The lowest BCUT2D eigenvalue weighted by atomic mass is 9.60. The third-order valence-electron chi connectivity index (χ3n) is 5.50. The molecule has 0 aliphatic heterocycles. The summed E-state index contributed by atoms with van der Waals surface area (Å²) in [6, 6.07) is 7.05. The first-order chi connectivity index (χ1) is 10.9. The smallest absolute Gasteiger partial charge is 0.405 e. The Kier molecular flexibility index (Phi) is 5.29. The lowest BCUT2D eigenvalue weighted by Gasteiger charge is -2.44. The van der Waals surface area contributed by atoms with Crippen LogP contribution >= 0.6 is 0 Å². The zero-order valence-corrected chi connectivity index (χ0v) is 15.1. The maximum absolute atomic E-state index is 12.5. The Bertz CT molecular complexity index is 568. The van der Waals surface area contributed by atoms with Gasteiger partial charge < -0.3 is 9.97 Å². The van der Waals surface area contributed by atoms with Gasteiger partial charge in [-0.2, -0.15) is 13.2 Å². The van der Waals surface area contributed by atoms with Crippen LogP contribution in [0, 0.1) is 11.3 Å². The molecule has 0 bridgehead atoms. The van der Waals surface area contributed by atoms with E-state index < -0.39 is 12.7 Å². The number of para-hydroxylation sites is 1. The molecular formula is C18H27BF3NO. The Morgan fingerprint density at radius 3 is 2.25 bits per heavy atom. The van der Waals surface area contributed by atoms with Gasteiger partial charge in [0.1, 0.15) is 6.54 Å². The highest BCUT2D eigenvalue weighted by atomic mass is 19.4. The molecule has 0 radical (unpaired) electrons. The normalized spacial score (nSPS) is 16.2. The monoisotopic (exact) mass is 341 g/mol. The van der Waals surface area contributed by atoms with Crippen molar-refractivity contribution in [1.82, 2.24) is 0 Å². The van der Waals surface area contributed by atoms with Gasteiger partial charge in [0.05, 0.1) is 5.60 Å². The van der Waals surface area contributed by atoms with Crippen molar-refractivity contribution in [3.05, 3.63) is 24.3 Å². The van der Waals surface area contributed by atoms with Crippen LogP contribution in [0.5, 0.6) is 0 Å². The number of nitrogens with one attached hydrogen (secondary N) is 1. The van der Waals surface area contributed by atoms with Gasteiger partial charge in [-0.15, -0.1) is 0 Å². The molecule has 0 heterocycles. The van der Waals surface area contributed by atoms with Crippen LogP contribution in [0.3, 0.4) is 0 Å². The van der Waals surface area contributed by atoms with Crippen molar-refractivity contribution in [3.63, 3.8) is 0 Å². The van der Waals surface area contributed by atoms with Crippen LogP contribution in [-0.4, -0.2) is 25.2 Å². The maximum Gasteiger partial charge on any atom is 0.405 e. The summed E-state index contributed by atoms with van der Waals surface area (Å²) in [4.78, 5) is 0. The lowest BCUT2D eigenvalue weighted by Crippen LogP contribution is -2.49. The van der Waals surface area contributed by atoms with Crippen LogP contribution in [0.2, 0.25) is 6.82 Å². The number of halogens is 3. The predicted molar refractivity (Wildman–Crippen MR) is 93.9 cm³/mol. The van der Waals surface area contributed by atoms with Crippen molar-refractivity contribution in [2.75, 3.05) is 11.9 Å². The van der Waals surface area contributed by atoms with Crippen LogP contribution < -0.4 is 10.8 Å². The van der Waals surface area contributed by atoms with Crippen molar-refractivity contribution in [1.29, 1.82) is 0 Å². The minimum absolute atomic E-state index is 0.0234. The molecule has 2 nitrogen and oxygen atoms in total.